The summed E-state index contributed by atoms with van der Waals surface area (Å²) in [5, 5.41) is 13.7. The van der Waals surface area contributed by atoms with Crippen molar-refractivity contribution in [1.29, 1.82) is 5.53 Å². The van der Waals surface area contributed by atoms with E-state index in [4.69, 9.17) is 10.1 Å². The van der Waals surface area contributed by atoms with Crippen LogP contribution in [0.2, 0.25) is 0 Å². The number of amidine groups is 1. The Kier molecular flexibility index (Phi) is 5.37. The summed E-state index contributed by atoms with van der Waals surface area (Å²) in [5.74, 6) is 0.707. The largest absolute Gasteiger partial charge is 0.361 e. The number of hydrogen-bond acceptors (Lipinski definition) is 4. The molecule has 0 bridgehead atoms. The van der Waals surface area contributed by atoms with Crippen molar-refractivity contribution in [3.8, 4) is 0 Å². The van der Waals surface area contributed by atoms with Gasteiger partial charge in [0.25, 0.3) is 0 Å². The van der Waals surface area contributed by atoms with Crippen LogP contribution in [0.15, 0.2) is 39.1 Å². The Bertz CT molecular complexity index is 670. The highest BCUT2D eigenvalue weighted by atomic mass is 127. The molecule has 0 aliphatic carbocycles. The second-order valence-electron chi connectivity index (χ2n) is 4.16. The maximum Gasteiger partial charge on any atom is 0.159 e. The predicted molar refractivity (Wildman–Crippen MR) is 83.5 cm³/mol. The third-order valence-electron chi connectivity index (χ3n) is 2.74. The zero-order valence-corrected chi connectivity index (χ0v) is 13.4. The van der Waals surface area contributed by atoms with Gasteiger partial charge in [-0.3, -0.25) is 0 Å². The molecule has 0 amide bonds. The first kappa shape index (κ1) is 15.5. The average molecular weight is 401 g/mol. The number of hydrogen-bond donors (Lipinski definition) is 2. The smallest absolute Gasteiger partial charge is 0.159 e. The molecule has 0 aliphatic rings. The number of benzene rings is 1. The summed E-state index contributed by atoms with van der Waals surface area (Å²) in [7, 11) is 0. The molecule has 0 spiro atoms. The molecule has 6 nitrogen and oxygen atoms in total. The van der Waals surface area contributed by atoms with Crippen molar-refractivity contribution in [3.63, 3.8) is 0 Å². The summed E-state index contributed by atoms with van der Waals surface area (Å²) >= 11 is 2.01. The molecular weight excluding hydrogens is 388 g/mol. The Morgan fingerprint density at radius 3 is 2.90 bits per heavy atom. The van der Waals surface area contributed by atoms with Gasteiger partial charge in [-0.2, -0.15) is 5.53 Å². The van der Waals surface area contributed by atoms with Crippen LogP contribution in [0, 0.1) is 14.9 Å². The summed E-state index contributed by atoms with van der Waals surface area (Å²) in [5.41, 5.74) is 8.43. The fourth-order valence-electron chi connectivity index (χ4n) is 1.69. The lowest BCUT2D eigenvalue weighted by atomic mass is 10.2. The van der Waals surface area contributed by atoms with Gasteiger partial charge >= 0.3 is 0 Å². The third-order valence-corrected chi connectivity index (χ3v) is 3.63. The van der Waals surface area contributed by atoms with Crippen LogP contribution in [-0.4, -0.2) is 11.0 Å². The normalized spacial score (nSPS) is 11.5. The van der Waals surface area contributed by atoms with Crippen LogP contribution in [0.1, 0.15) is 23.9 Å². The monoisotopic (exact) mass is 401 g/mol. The standard InChI is InChI=1S/C13H13FIN5O/c1-2-9-6-10(21-19-9)7-17-13(18-20-16)11-4-3-8(14)5-12(11)15/h3-6H,2,7H2,1H3,(H2,16,17,18). The van der Waals surface area contributed by atoms with E-state index in [-0.39, 0.29) is 5.82 Å². The Hall–Kier alpha value is -1.84. The molecule has 2 aromatic rings. The van der Waals surface area contributed by atoms with E-state index in [2.05, 4.69) is 20.8 Å². The van der Waals surface area contributed by atoms with Crippen LogP contribution in [-0.2, 0) is 13.0 Å². The summed E-state index contributed by atoms with van der Waals surface area (Å²) in [6.07, 6.45) is 0.794. The Labute approximate surface area is 134 Å². The molecule has 0 atom stereocenters. The molecule has 1 aromatic carbocycles. The van der Waals surface area contributed by atoms with Gasteiger partial charge in [0.2, 0.25) is 0 Å². The molecule has 8 heteroatoms. The van der Waals surface area contributed by atoms with Gasteiger partial charge in [0.1, 0.15) is 5.82 Å². The molecule has 0 fully saturated rings. The van der Waals surface area contributed by atoms with E-state index in [1.165, 1.54) is 12.1 Å². The molecule has 2 N–H and O–H groups in total. The molecule has 0 aliphatic heterocycles. The fraction of sp³-hybridized carbons (Fsp3) is 0.231. The van der Waals surface area contributed by atoms with Crippen molar-refractivity contribution in [2.45, 2.75) is 19.9 Å². The molecule has 0 saturated heterocycles. The minimum absolute atomic E-state index is 0.326. The van der Waals surface area contributed by atoms with E-state index in [9.17, 15) is 4.39 Å². The van der Waals surface area contributed by atoms with Gasteiger partial charge in [0, 0.05) is 15.2 Å². The molecule has 0 radical (unpaired) electrons. The zero-order valence-electron chi connectivity index (χ0n) is 11.2. The van der Waals surface area contributed by atoms with Crippen LogP contribution in [0.3, 0.4) is 0 Å². The first-order valence-corrected chi connectivity index (χ1v) is 7.30. The summed E-state index contributed by atoms with van der Waals surface area (Å²) in [4.78, 5) is 0. The van der Waals surface area contributed by atoms with Crippen LogP contribution >= 0.6 is 22.6 Å². The van der Waals surface area contributed by atoms with Crippen molar-refractivity contribution in [3.05, 3.63) is 50.7 Å². The van der Waals surface area contributed by atoms with Gasteiger partial charge in [-0.1, -0.05) is 17.3 Å². The highest BCUT2D eigenvalue weighted by Gasteiger charge is 2.11. The molecule has 110 valence electrons. The number of halogens is 2. The van der Waals surface area contributed by atoms with Crippen LogP contribution in [0.4, 0.5) is 4.39 Å². The lowest BCUT2D eigenvalue weighted by molar-refractivity contribution is 0.375. The topological polar surface area (TPSA) is 86.6 Å². The van der Waals surface area contributed by atoms with Crippen molar-refractivity contribution >= 4 is 28.4 Å². The van der Waals surface area contributed by atoms with Gasteiger partial charge < -0.3 is 9.84 Å². The first-order chi connectivity index (χ1) is 10.1. The molecule has 2 rings (SSSR count). The minimum Gasteiger partial charge on any atom is -0.361 e. The molecule has 1 aromatic heterocycles. The Balaban J connectivity index is 2.16. The van der Waals surface area contributed by atoms with E-state index >= 15 is 0 Å². The fourth-order valence-corrected chi connectivity index (χ4v) is 2.43. The van der Waals surface area contributed by atoms with Crippen LogP contribution in [0.5, 0.6) is 0 Å². The summed E-state index contributed by atoms with van der Waals surface area (Å²) in [6, 6.07) is 6.16. The second kappa shape index (κ2) is 7.25. The zero-order chi connectivity index (χ0) is 15.2. The van der Waals surface area contributed by atoms with Crippen molar-refractivity contribution < 1.29 is 8.91 Å². The highest BCUT2D eigenvalue weighted by molar-refractivity contribution is 14.1. The second-order valence-corrected chi connectivity index (χ2v) is 5.33. The maximum atomic E-state index is 13.1. The average Bonchev–Trinajstić information content (AvgIpc) is 2.92. The van der Waals surface area contributed by atoms with E-state index in [0.717, 1.165) is 12.1 Å². The van der Waals surface area contributed by atoms with E-state index in [1.54, 1.807) is 6.07 Å². The molecule has 1 heterocycles. The van der Waals surface area contributed by atoms with Gasteiger partial charge in [-0.25, -0.2) is 4.39 Å². The lowest BCUT2D eigenvalue weighted by Gasteiger charge is -2.08. The van der Waals surface area contributed by atoms with Gasteiger partial charge in [-0.15, -0.1) is 5.10 Å². The van der Waals surface area contributed by atoms with Gasteiger partial charge in [0.05, 0.1) is 12.2 Å². The lowest BCUT2D eigenvalue weighted by Crippen LogP contribution is -2.24. The van der Waals surface area contributed by atoms with Crippen molar-refractivity contribution in [1.82, 2.24) is 10.5 Å². The molecular formula is C13H13FIN5O. The maximum absolute atomic E-state index is 13.1. The van der Waals surface area contributed by atoms with Crippen LogP contribution < -0.4 is 5.32 Å². The number of aromatic nitrogens is 1. The van der Waals surface area contributed by atoms with Gasteiger partial charge in [-0.05, 0) is 47.2 Å². The molecule has 0 saturated carbocycles. The SMILES string of the molecule is CCc1cc(CN/C(=N\N=N)c2ccc(F)cc2I)on1. The Morgan fingerprint density at radius 1 is 1.48 bits per heavy atom. The number of rotatable bonds is 5. The number of aryl methyl sites for hydroxylation is 1. The minimum atomic E-state index is -0.326. The molecule has 21 heavy (non-hydrogen) atoms. The van der Waals surface area contributed by atoms with E-state index in [0.29, 0.717) is 27.3 Å². The first-order valence-electron chi connectivity index (χ1n) is 6.22. The van der Waals surface area contributed by atoms with E-state index < -0.39 is 0 Å². The number of nitrogens with one attached hydrogen (secondary N) is 2. The summed E-state index contributed by atoms with van der Waals surface area (Å²) in [6.45, 7) is 2.34. The highest BCUT2D eigenvalue weighted by Crippen LogP contribution is 2.15. The van der Waals surface area contributed by atoms with Crippen LogP contribution in [0.25, 0.3) is 0 Å². The third kappa shape index (κ3) is 4.06. The predicted octanol–water partition coefficient (Wildman–Crippen LogP) is 3.46. The van der Waals surface area contributed by atoms with Gasteiger partial charge in [0.15, 0.2) is 11.6 Å². The quantitative estimate of drug-likeness (QED) is 0.265. The molecule has 0 unspecified atom stereocenters. The van der Waals surface area contributed by atoms with Crippen molar-refractivity contribution in [2.75, 3.05) is 0 Å². The number of nitrogens with zero attached hydrogens (tertiary/aromatic N) is 3. The van der Waals surface area contributed by atoms with E-state index in [1.807, 2.05) is 35.6 Å². The summed E-state index contributed by atoms with van der Waals surface area (Å²) < 4.78 is 19.0. The Morgan fingerprint density at radius 2 is 2.29 bits per heavy atom. The van der Waals surface area contributed by atoms with Crippen molar-refractivity contribution in [2.24, 2.45) is 10.3 Å².